The number of sulfonamides is 1. The van der Waals surface area contributed by atoms with Crippen LogP contribution in [0.15, 0.2) is 88.2 Å². The standard InChI is InChI=1S/C35H43N5O6S/c1-23(2)20-40(47(44,45)30-16-14-29(36)15-17-30)22-33(41)31(18-26-10-7-6-8-11-26)38-34(42)27-12-9-13-28(19-27)35(43)39(5)21-32-24(3)46-25(4)37-32/h6-17,19,23,31,33,41H,18,20-22,36H2,1-5H3,(H,38,42)/t31?,33-/m1/s1. The molecule has 0 aliphatic carbocycles. The zero-order chi connectivity index (χ0) is 34.3. The lowest BCUT2D eigenvalue weighted by Crippen LogP contribution is -2.51. The molecule has 0 saturated heterocycles. The van der Waals surface area contributed by atoms with E-state index in [-0.39, 0.29) is 48.3 Å². The van der Waals surface area contributed by atoms with Crippen LogP contribution in [0.1, 0.15) is 57.5 Å². The van der Waals surface area contributed by atoms with Crippen LogP contribution in [0.5, 0.6) is 0 Å². The molecule has 12 heteroatoms. The lowest BCUT2D eigenvalue weighted by molar-refractivity contribution is 0.0775. The number of nitrogens with one attached hydrogen (secondary N) is 1. The number of hydrogen-bond acceptors (Lipinski definition) is 8. The second-order valence-electron chi connectivity index (χ2n) is 12.1. The van der Waals surface area contributed by atoms with Gasteiger partial charge in [-0.25, -0.2) is 13.4 Å². The van der Waals surface area contributed by atoms with Crippen molar-refractivity contribution in [3.63, 3.8) is 0 Å². The van der Waals surface area contributed by atoms with Crippen LogP contribution in [-0.2, 0) is 23.0 Å². The van der Waals surface area contributed by atoms with E-state index < -0.39 is 28.1 Å². The molecule has 11 nitrogen and oxygen atoms in total. The van der Waals surface area contributed by atoms with Gasteiger partial charge in [0.15, 0.2) is 5.89 Å². The molecule has 4 N–H and O–H groups in total. The first-order chi connectivity index (χ1) is 22.2. The van der Waals surface area contributed by atoms with Crippen molar-refractivity contribution in [1.82, 2.24) is 19.5 Å². The lowest BCUT2D eigenvalue weighted by Gasteiger charge is -2.31. The first-order valence-corrected chi connectivity index (χ1v) is 16.9. The number of carbonyl (C=O) groups excluding carboxylic acids is 2. The summed E-state index contributed by atoms with van der Waals surface area (Å²) < 4.78 is 34.1. The molecule has 250 valence electrons. The van der Waals surface area contributed by atoms with Gasteiger partial charge in [-0.15, -0.1) is 0 Å². The maximum atomic E-state index is 13.7. The van der Waals surface area contributed by atoms with Crippen molar-refractivity contribution in [3.05, 3.63) is 113 Å². The van der Waals surface area contributed by atoms with Crippen LogP contribution in [-0.4, -0.2) is 71.8 Å². The molecule has 4 rings (SSSR count). The molecule has 0 bridgehead atoms. The highest BCUT2D eigenvalue weighted by Crippen LogP contribution is 2.21. The highest BCUT2D eigenvalue weighted by molar-refractivity contribution is 7.89. The summed E-state index contributed by atoms with van der Waals surface area (Å²) in [5.74, 6) is 0.286. The summed E-state index contributed by atoms with van der Waals surface area (Å²) in [5, 5.41) is 14.5. The largest absolute Gasteiger partial charge is 0.446 e. The number of nitrogens with zero attached hydrogens (tertiary/aromatic N) is 3. The minimum absolute atomic E-state index is 0.0384. The zero-order valence-corrected chi connectivity index (χ0v) is 28.2. The van der Waals surface area contributed by atoms with Gasteiger partial charge in [0.1, 0.15) is 11.5 Å². The Kier molecular flexibility index (Phi) is 11.6. The minimum Gasteiger partial charge on any atom is -0.446 e. The second kappa shape index (κ2) is 15.4. The average Bonchev–Trinajstić information content (AvgIpc) is 3.35. The van der Waals surface area contributed by atoms with Gasteiger partial charge >= 0.3 is 0 Å². The fraction of sp³-hybridized carbons (Fsp3) is 0.343. The van der Waals surface area contributed by atoms with E-state index in [1.165, 1.54) is 39.5 Å². The Balaban J connectivity index is 1.56. The van der Waals surface area contributed by atoms with Gasteiger partial charge in [-0.1, -0.05) is 50.2 Å². The molecule has 1 heterocycles. The Morgan fingerprint density at radius 3 is 2.23 bits per heavy atom. The molecule has 0 spiro atoms. The van der Waals surface area contributed by atoms with Gasteiger partial charge in [0.2, 0.25) is 10.0 Å². The van der Waals surface area contributed by atoms with Crippen molar-refractivity contribution in [2.24, 2.45) is 5.92 Å². The van der Waals surface area contributed by atoms with Crippen LogP contribution in [0, 0.1) is 19.8 Å². The van der Waals surface area contributed by atoms with Crippen LogP contribution < -0.4 is 11.1 Å². The third-order valence-corrected chi connectivity index (χ3v) is 9.51. The predicted molar refractivity (Wildman–Crippen MR) is 180 cm³/mol. The Hall–Kier alpha value is -4.52. The summed E-state index contributed by atoms with van der Waals surface area (Å²) >= 11 is 0. The van der Waals surface area contributed by atoms with Crippen LogP contribution in [0.4, 0.5) is 5.69 Å². The monoisotopic (exact) mass is 661 g/mol. The normalized spacial score (nSPS) is 13.0. The second-order valence-corrected chi connectivity index (χ2v) is 14.0. The van der Waals surface area contributed by atoms with Crippen LogP contribution >= 0.6 is 0 Å². The number of hydrogen-bond donors (Lipinski definition) is 3. The fourth-order valence-electron chi connectivity index (χ4n) is 5.23. The summed E-state index contributed by atoms with van der Waals surface area (Å²) in [6, 6.07) is 20.7. The number of aromatic nitrogens is 1. The summed E-state index contributed by atoms with van der Waals surface area (Å²) in [4.78, 5) is 32.8. The average molecular weight is 662 g/mol. The fourth-order valence-corrected chi connectivity index (χ4v) is 6.86. The van der Waals surface area contributed by atoms with Gasteiger partial charge in [-0.2, -0.15) is 4.31 Å². The highest BCUT2D eigenvalue weighted by atomic mass is 32.2. The quantitative estimate of drug-likeness (QED) is 0.170. The number of carbonyl (C=O) groups is 2. The molecule has 1 aromatic heterocycles. The molecule has 0 radical (unpaired) electrons. The molecule has 1 unspecified atom stereocenters. The first kappa shape index (κ1) is 35.3. The third kappa shape index (κ3) is 9.28. The maximum absolute atomic E-state index is 13.7. The molecule has 47 heavy (non-hydrogen) atoms. The van der Waals surface area contributed by atoms with E-state index in [9.17, 15) is 23.1 Å². The van der Waals surface area contributed by atoms with E-state index in [1.807, 2.05) is 44.2 Å². The molecular weight excluding hydrogens is 618 g/mol. The molecular formula is C35H43N5O6S. The van der Waals surface area contributed by atoms with Gasteiger partial charge in [-0.3, -0.25) is 9.59 Å². The van der Waals surface area contributed by atoms with E-state index in [4.69, 9.17) is 10.2 Å². The van der Waals surface area contributed by atoms with Gasteiger partial charge < -0.3 is 25.5 Å². The number of aliphatic hydroxyl groups is 1. The SMILES string of the molecule is Cc1nc(CN(C)C(=O)c2cccc(C(=O)NC(Cc3ccccc3)[C@H](O)CN(CC(C)C)S(=O)(=O)c3ccc(N)cc3)c2)c(C)o1. The van der Waals surface area contributed by atoms with Gasteiger partial charge in [0.25, 0.3) is 11.8 Å². The molecule has 3 aromatic carbocycles. The number of oxazole rings is 1. The molecule has 0 aliphatic heterocycles. The number of benzene rings is 3. The predicted octanol–water partition coefficient (Wildman–Crippen LogP) is 4.19. The molecule has 4 aromatic rings. The minimum atomic E-state index is -3.99. The van der Waals surface area contributed by atoms with E-state index in [0.29, 0.717) is 28.6 Å². The summed E-state index contributed by atoms with van der Waals surface area (Å²) in [7, 11) is -2.34. The summed E-state index contributed by atoms with van der Waals surface area (Å²) in [6.07, 6.45) is -1.03. The molecule has 2 atom stereocenters. The molecule has 0 aliphatic rings. The molecule has 0 fully saturated rings. The first-order valence-electron chi connectivity index (χ1n) is 15.4. The third-order valence-electron chi connectivity index (χ3n) is 7.66. The van der Waals surface area contributed by atoms with Gasteiger partial charge in [-0.05, 0) is 67.3 Å². The van der Waals surface area contributed by atoms with Crippen LogP contribution in [0.25, 0.3) is 0 Å². The topological polar surface area (TPSA) is 159 Å². The Labute approximate surface area is 276 Å². The van der Waals surface area contributed by atoms with Crippen molar-refractivity contribution in [2.75, 3.05) is 25.9 Å². The summed E-state index contributed by atoms with van der Waals surface area (Å²) in [6.45, 7) is 7.43. The Morgan fingerprint density at radius 1 is 0.957 bits per heavy atom. The van der Waals surface area contributed by atoms with E-state index >= 15 is 0 Å². The van der Waals surface area contributed by atoms with Crippen molar-refractivity contribution in [2.45, 2.75) is 57.7 Å². The number of rotatable bonds is 14. The zero-order valence-electron chi connectivity index (χ0n) is 27.4. The van der Waals surface area contributed by atoms with Crippen molar-refractivity contribution in [3.8, 4) is 0 Å². The van der Waals surface area contributed by atoms with Crippen LogP contribution in [0.3, 0.4) is 0 Å². The number of nitrogen functional groups attached to an aromatic ring is 1. The Morgan fingerprint density at radius 2 is 1.62 bits per heavy atom. The number of nitrogens with two attached hydrogens (primary N) is 1. The van der Waals surface area contributed by atoms with E-state index in [0.717, 1.165) is 5.56 Å². The van der Waals surface area contributed by atoms with E-state index in [2.05, 4.69) is 10.3 Å². The molecule has 0 saturated carbocycles. The molecule has 2 amide bonds. The van der Waals surface area contributed by atoms with Crippen molar-refractivity contribution >= 4 is 27.5 Å². The smallest absolute Gasteiger partial charge is 0.253 e. The lowest BCUT2D eigenvalue weighted by atomic mass is 10.00. The number of aryl methyl sites for hydroxylation is 2. The number of aliphatic hydroxyl groups excluding tert-OH is 1. The van der Waals surface area contributed by atoms with Crippen molar-refractivity contribution in [1.29, 1.82) is 0 Å². The summed E-state index contributed by atoms with van der Waals surface area (Å²) in [5.41, 5.74) is 8.22. The Bertz CT molecular complexity index is 1770. The van der Waals surface area contributed by atoms with Crippen LogP contribution in [0.2, 0.25) is 0 Å². The van der Waals surface area contributed by atoms with Crippen molar-refractivity contribution < 1.29 is 27.5 Å². The maximum Gasteiger partial charge on any atom is 0.253 e. The van der Waals surface area contributed by atoms with Gasteiger partial charge in [0.05, 0.1) is 23.6 Å². The number of amides is 2. The number of anilines is 1. The highest BCUT2D eigenvalue weighted by Gasteiger charge is 2.31. The van der Waals surface area contributed by atoms with E-state index in [1.54, 1.807) is 39.1 Å². The van der Waals surface area contributed by atoms with Gasteiger partial charge in [0, 0.05) is 43.9 Å².